The summed E-state index contributed by atoms with van der Waals surface area (Å²) in [6, 6.07) is 6.77. The number of fused-ring (bicyclic) bond motifs is 1. The highest BCUT2D eigenvalue weighted by Gasteiger charge is 2.06. The lowest BCUT2D eigenvalue weighted by molar-refractivity contribution is 0.0697. The zero-order valence-electron chi connectivity index (χ0n) is 9.18. The predicted molar refractivity (Wildman–Crippen MR) is 67.4 cm³/mol. The molecule has 1 heterocycles. The summed E-state index contributed by atoms with van der Waals surface area (Å²) >= 11 is 0. The number of anilines is 1. The molecule has 0 fully saturated rings. The van der Waals surface area contributed by atoms with Crippen LogP contribution >= 0.6 is 0 Å². The molecule has 4 nitrogen and oxygen atoms in total. The molecule has 0 aliphatic carbocycles. The van der Waals surface area contributed by atoms with Gasteiger partial charge in [-0.15, -0.1) is 6.58 Å². The van der Waals surface area contributed by atoms with Gasteiger partial charge >= 0.3 is 5.97 Å². The molecule has 86 valence electrons. The Morgan fingerprint density at radius 3 is 3.00 bits per heavy atom. The molecule has 0 saturated carbocycles. The van der Waals surface area contributed by atoms with Crippen molar-refractivity contribution >= 4 is 22.6 Å². The molecular formula is C13H12N2O2. The fourth-order valence-corrected chi connectivity index (χ4v) is 1.62. The van der Waals surface area contributed by atoms with Crippen molar-refractivity contribution in [3.05, 3.63) is 48.7 Å². The summed E-state index contributed by atoms with van der Waals surface area (Å²) in [7, 11) is 0. The SMILES string of the molecule is C=CCNc1nccc2cc(C(=O)O)ccc12. The van der Waals surface area contributed by atoms with Crippen LogP contribution in [0.5, 0.6) is 0 Å². The van der Waals surface area contributed by atoms with Crippen LogP contribution in [0, 0.1) is 0 Å². The number of carboxylic acids is 1. The van der Waals surface area contributed by atoms with E-state index in [4.69, 9.17) is 5.11 Å². The normalized spacial score (nSPS) is 10.1. The maximum absolute atomic E-state index is 10.9. The topological polar surface area (TPSA) is 62.2 Å². The molecule has 1 aromatic heterocycles. The Morgan fingerprint density at radius 2 is 2.29 bits per heavy atom. The second kappa shape index (κ2) is 4.65. The molecule has 4 heteroatoms. The molecule has 0 saturated heterocycles. The van der Waals surface area contributed by atoms with Crippen molar-refractivity contribution in [2.45, 2.75) is 0 Å². The van der Waals surface area contributed by atoms with Gasteiger partial charge in [0.05, 0.1) is 5.56 Å². The number of carbonyl (C=O) groups is 1. The van der Waals surface area contributed by atoms with E-state index < -0.39 is 5.97 Å². The van der Waals surface area contributed by atoms with E-state index >= 15 is 0 Å². The second-order valence-electron chi connectivity index (χ2n) is 3.57. The highest BCUT2D eigenvalue weighted by molar-refractivity contribution is 5.98. The van der Waals surface area contributed by atoms with Gasteiger partial charge in [-0.1, -0.05) is 6.08 Å². The number of benzene rings is 1. The Bertz CT molecular complexity index is 579. The molecule has 0 aliphatic heterocycles. The van der Waals surface area contributed by atoms with Crippen LogP contribution in [0.25, 0.3) is 10.8 Å². The lowest BCUT2D eigenvalue weighted by Gasteiger charge is -2.07. The first-order valence-electron chi connectivity index (χ1n) is 5.19. The third-order valence-corrected chi connectivity index (χ3v) is 2.43. The summed E-state index contributed by atoms with van der Waals surface area (Å²) in [6.45, 7) is 4.24. The molecule has 2 rings (SSSR count). The number of nitrogens with zero attached hydrogens (tertiary/aromatic N) is 1. The average Bonchev–Trinajstić information content (AvgIpc) is 2.35. The van der Waals surface area contributed by atoms with E-state index in [1.165, 1.54) is 0 Å². The van der Waals surface area contributed by atoms with Crippen LogP contribution in [-0.4, -0.2) is 22.6 Å². The Kier molecular flexibility index (Phi) is 3.05. The third-order valence-electron chi connectivity index (χ3n) is 2.43. The van der Waals surface area contributed by atoms with Gasteiger partial charge < -0.3 is 10.4 Å². The van der Waals surface area contributed by atoms with Crippen LogP contribution in [0.3, 0.4) is 0 Å². The van der Waals surface area contributed by atoms with Crippen LogP contribution < -0.4 is 5.32 Å². The highest BCUT2D eigenvalue weighted by atomic mass is 16.4. The van der Waals surface area contributed by atoms with Gasteiger partial charge in [-0.05, 0) is 29.7 Å². The van der Waals surface area contributed by atoms with Crippen molar-refractivity contribution < 1.29 is 9.90 Å². The fraction of sp³-hybridized carbons (Fsp3) is 0.0769. The molecule has 17 heavy (non-hydrogen) atoms. The first kappa shape index (κ1) is 11.1. The van der Waals surface area contributed by atoms with Gasteiger partial charge in [0, 0.05) is 18.1 Å². The maximum Gasteiger partial charge on any atom is 0.335 e. The van der Waals surface area contributed by atoms with Gasteiger partial charge in [-0.2, -0.15) is 0 Å². The summed E-state index contributed by atoms with van der Waals surface area (Å²) in [6.07, 6.45) is 3.39. The fourth-order valence-electron chi connectivity index (χ4n) is 1.62. The largest absolute Gasteiger partial charge is 0.478 e. The first-order valence-corrected chi connectivity index (χ1v) is 5.19. The van der Waals surface area contributed by atoms with Crippen molar-refractivity contribution in [1.29, 1.82) is 0 Å². The van der Waals surface area contributed by atoms with Gasteiger partial charge in [0.2, 0.25) is 0 Å². The molecule has 2 aromatic rings. The van der Waals surface area contributed by atoms with E-state index in [9.17, 15) is 4.79 Å². The number of aromatic nitrogens is 1. The van der Waals surface area contributed by atoms with E-state index in [2.05, 4.69) is 16.9 Å². The minimum atomic E-state index is -0.927. The smallest absolute Gasteiger partial charge is 0.335 e. The number of aromatic carboxylic acids is 1. The number of pyridine rings is 1. The molecule has 1 aromatic carbocycles. The molecule has 0 unspecified atom stereocenters. The van der Waals surface area contributed by atoms with Crippen molar-refractivity contribution in [2.75, 3.05) is 11.9 Å². The van der Waals surface area contributed by atoms with Crippen molar-refractivity contribution in [3.8, 4) is 0 Å². The van der Waals surface area contributed by atoms with Crippen molar-refractivity contribution in [3.63, 3.8) is 0 Å². The minimum absolute atomic E-state index is 0.276. The standard InChI is InChI=1S/C13H12N2O2/c1-2-6-14-12-11-4-3-10(13(16)17)8-9(11)5-7-15-12/h2-5,7-8H,1,6H2,(H,14,15)(H,16,17). The van der Waals surface area contributed by atoms with Gasteiger partial charge in [0.1, 0.15) is 5.82 Å². The summed E-state index contributed by atoms with van der Waals surface area (Å²) in [5.41, 5.74) is 0.276. The number of carboxylic acid groups (broad SMARTS) is 1. The van der Waals surface area contributed by atoms with Gasteiger partial charge in [-0.3, -0.25) is 0 Å². The number of hydrogen-bond acceptors (Lipinski definition) is 3. The number of rotatable bonds is 4. The number of nitrogens with one attached hydrogen (secondary N) is 1. The molecule has 2 N–H and O–H groups in total. The average molecular weight is 228 g/mol. The quantitative estimate of drug-likeness (QED) is 0.789. The molecule has 0 radical (unpaired) electrons. The lowest BCUT2D eigenvalue weighted by Crippen LogP contribution is -2.01. The molecule has 0 amide bonds. The van der Waals surface area contributed by atoms with E-state index in [-0.39, 0.29) is 5.56 Å². The summed E-state index contributed by atoms with van der Waals surface area (Å²) in [4.78, 5) is 15.1. The summed E-state index contributed by atoms with van der Waals surface area (Å²) in [5, 5.41) is 13.8. The van der Waals surface area contributed by atoms with Gasteiger partial charge in [-0.25, -0.2) is 9.78 Å². The lowest BCUT2D eigenvalue weighted by atomic mass is 10.1. The van der Waals surface area contributed by atoms with Crippen molar-refractivity contribution in [2.24, 2.45) is 0 Å². The van der Waals surface area contributed by atoms with Gasteiger partial charge in [0.25, 0.3) is 0 Å². The van der Waals surface area contributed by atoms with Crippen molar-refractivity contribution in [1.82, 2.24) is 4.98 Å². The van der Waals surface area contributed by atoms with Crippen LogP contribution in [0.4, 0.5) is 5.82 Å². The monoisotopic (exact) mass is 228 g/mol. The van der Waals surface area contributed by atoms with Crippen LogP contribution in [0.2, 0.25) is 0 Å². The van der Waals surface area contributed by atoms with E-state index in [1.54, 1.807) is 36.5 Å². The Hall–Kier alpha value is -2.36. The first-order chi connectivity index (χ1) is 8.22. The molecule has 0 atom stereocenters. The van der Waals surface area contributed by atoms with Crippen LogP contribution in [0.1, 0.15) is 10.4 Å². The molecule has 0 bridgehead atoms. The van der Waals surface area contributed by atoms with Crippen LogP contribution in [-0.2, 0) is 0 Å². The molecule has 0 spiro atoms. The second-order valence-corrected chi connectivity index (χ2v) is 3.57. The minimum Gasteiger partial charge on any atom is -0.478 e. The predicted octanol–water partition coefficient (Wildman–Crippen LogP) is 2.53. The number of hydrogen-bond donors (Lipinski definition) is 2. The third kappa shape index (κ3) is 2.25. The maximum atomic E-state index is 10.9. The molecule has 0 aliphatic rings. The van der Waals surface area contributed by atoms with E-state index in [0.29, 0.717) is 6.54 Å². The summed E-state index contributed by atoms with van der Waals surface area (Å²) < 4.78 is 0. The van der Waals surface area contributed by atoms with Crippen LogP contribution in [0.15, 0.2) is 43.1 Å². The Morgan fingerprint density at radius 1 is 1.47 bits per heavy atom. The Balaban J connectivity index is 2.50. The summed E-state index contributed by atoms with van der Waals surface area (Å²) in [5.74, 6) is -0.191. The Labute approximate surface area is 98.6 Å². The highest BCUT2D eigenvalue weighted by Crippen LogP contribution is 2.22. The zero-order valence-corrected chi connectivity index (χ0v) is 9.18. The van der Waals surface area contributed by atoms with E-state index in [1.807, 2.05) is 0 Å². The van der Waals surface area contributed by atoms with Gasteiger partial charge in [0.15, 0.2) is 0 Å². The zero-order chi connectivity index (χ0) is 12.3. The molecular weight excluding hydrogens is 216 g/mol. The van der Waals surface area contributed by atoms with E-state index in [0.717, 1.165) is 16.6 Å².